The van der Waals surface area contributed by atoms with Gasteiger partial charge in [-0.3, -0.25) is 0 Å². The number of furan rings is 2. The first-order chi connectivity index (χ1) is 36.2. The number of rotatable bonds is 4. The lowest BCUT2D eigenvalue weighted by molar-refractivity contribution is 0.590. The Morgan fingerprint density at radius 2 is 0.961 bits per heavy atom. The number of fused-ring (bicyclic) bond motifs is 16. The number of nitrogens with zero attached hydrogens (tertiary/aromatic N) is 3. The van der Waals surface area contributed by atoms with E-state index in [0.717, 1.165) is 89.1 Å². The molecule has 2 aliphatic heterocycles. The summed E-state index contributed by atoms with van der Waals surface area (Å²) in [6.07, 6.45) is 0. The van der Waals surface area contributed by atoms with Crippen LogP contribution in [0.2, 0.25) is 0 Å². The van der Waals surface area contributed by atoms with Gasteiger partial charge in [0.1, 0.15) is 22.3 Å². The Balaban J connectivity index is 1.14. The van der Waals surface area contributed by atoms with Gasteiger partial charge in [-0.05, 0) is 140 Å². The molecule has 374 valence electrons. The average Bonchev–Trinajstić information content (AvgIpc) is 4.05. The first-order valence-electron chi connectivity index (χ1n) is 27.2. The number of aromatic nitrogens is 1. The molecule has 0 bridgehead atoms. The molecule has 0 saturated heterocycles. The van der Waals surface area contributed by atoms with Gasteiger partial charge in [-0.25, -0.2) is 0 Å². The van der Waals surface area contributed by atoms with Crippen LogP contribution in [0.15, 0.2) is 179 Å². The summed E-state index contributed by atoms with van der Waals surface area (Å²) in [5.74, 6) is 0. The molecule has 0 radical (unpaired) electrons. The third-order valence-electron chi connectivity index (χ3n) is 16.8. The summed E-state index contributed by atoms with van der Waals surface area (Å²) < 4.78 is 16.8. The minimum absolute atomic E-state index is 0.0121. The maximum absolute atomic E-state index is 7.37. The highest BCUT2D eigenvalue weighted by atomic mass is 16.3. The Kier molecular flexibility index (Phi) is 9.68. The van der Waals surface area contributed by atoms with Gasteiger partial charge in [0.25, 0.3) is 0 Å². The normalized spacial score (nSPS) is 13.7. The lowest BCUT2D eigenvalue weighted by atomic mass is 9.43. The lowest BCUT2D eigenvalue weighted by Gasteiger charge is -2.42. The van der Waals surface area contributed by atoms with E-state index in [-0.39, 0.29) is 28.5 Å². The van der Waals surface area contributed by atoms with Crippen LogP contribution in [0.3, 0.4) is 0 Å². The van der Waals surface area contributed by atoms with Gasteiger partial charge >= 0.3 is 6.85 Å². The lowest BCUT2D eigenvalue weighted by Crippen LogP contribution is -2.60. The quantitative estimate of drug-likeness (QED) is 0.165. The van der Waals surface area contributed by atoms with Gasteiger partial charge in [-0.1, -0.05) is 168 Å². The highest BCUT2D eigenvalue weighted by Crippen LogP contribution is 2.53. The molecule has 2 aliphatic rings. The van der Waals surface area contributed by atoms with Crippen LogP contribution in [0.5, 0.6) is 0 Å². The van der Waals surface area contributed by atoms with E-state index in [0.29, 0.717) is 0 Å². The fourth-order valence-corrected chi connectivity index (χ4v) is 12.7. The van der Waals surface area contributed by atoms with Gasteiger partial charge < -0.3 is 23.1 Å². The van der Waals surface area contributed by atoms with Crippen LogP contribution in [0, 0.1) is 0 Å². The summed E-state index contributed by atoms with van der Waals surface area (Å²) in [5, 5.41) is 6.98. The first-order valence-corrected chi connectivity index (χ1v) is 27.2. The molecule has 14 rings (SSSR count). The maximum atomic E-state index is 7.37. The molecule has 0 saturated carbocycles. The van der Waals surface area contributed by atoms with Gasteiger partial charge in [-0.15, -0.1) is 0 Å². The van der Waals surface area contributed by atoms with E-state index < -0.39 is 0 Å². The second kappa shape index (κ2) is 15.8. The van der Waals surface area contributed by atoms with Crippen LogP contribution in [-0.2, 0) is 21.7 Å². The Labute approximate surface area is 446 Å². The molecule has 5 heterocycles. The van der Waals surface area contributed by atoms with Crippen LogP contribution in [0.4, 0.5) is 28.4 Å². The van der Waals surface area contributed by atoms with Crippen molar-refractivity contribution in [2.24, 2.45) is 0 Å². The summed E-state index contributed by atoms with van der Waals surface area (Å²) in [6, 6.07) is 64.0. The molecule has 5 nitrogen and oxygen atoms in total. The SMILES string of the molecule is CC(C)(C)c1ccc(N2B3c4cc5oc6ccccc6c5cc4-n4c5ccc(C(C)(C)C)cc5c5c6c(oc7ccccc76)c(c3c54)-c3ccc(N(c4ccc(C(C)(C)C)cc4)c4ccc(C(C)(C)C)cc4)cc32)cc1. The largest absolute Gasteiger partial charge is 0.456 e. The number of anilines is 5. The fraction of sp³-hybridized carbons (Fsp3) is 0.229. The molecule has 0 amide bonds. The van der Waals surface area contributed by atoms with E-state index in [1.807, 2.05) is 0 Å². The Morgan fingerprint density at radius 3 is 1.57 bits per heavy atom. The predicted octanol–water partition coefficient (Wildman–Crippen LogP) is 18.5. The zero-order chi connectivity index (χ0) is 52.5. The molecule has 0 fully saturated rings. The van der Waals surface area contributed by atoms with Crippen molar-refractivity contribution >= 4 is 112 Å². The third-order valence-corrected chi connectivity index (χ3v) is 16.8. The molecule has 6 heteroatoms. The molecule has 0 N–H and O–H groups in total. The summed E-state index contributed by atoms with van der Waals surface area (Å²) in [5.41, 5.74) is 22.5. The van der Waals surface area contributed by atoms with Gasteiger partial charge in [0.2, 0.25) is 0 Å². The van der Waals surface area contributed by atoms with Crippen molar-refractivity contribution < 1.29 is 8.83 Å². The topological polar surface area (TPSA) is 37.7 Å². The molecule has 76 heavy (non-hydrogen) atoms. The zero-order valence-corrected chi connectivity index (χ0v) is 45.9. The number of hydrogen-bond acceptors (Lipinski definition) is 4. The van der Waals surface area contributed by atoms with Crippen LogP contribution >= 0.6 is 0 Å². The third kappa shape index (κ3) is 6.84. The minimum Gasteiger partial charge on any atom is -0.456 e. The number of para-hydroxylation sites is 2. The molecule has 0 atom stereocenters. The van der Waals surface area contributed by atoms with Gasteiger partial charge in [0, 0.05) is 77.6 Å². The summed E-state index contributed by atoms with van der Waals surface area (Å²) >= 11 is 0. The van der Waals surface area contributed by atoms with Crippen molar-refractivity contribution in [1.82, 2.24) is 4.57 Å². The highest BCUT2D eigenvalue weighted by Gasteiger charge is 2.47. The van der Waals surface area contributed by atoms with E-state index in [2.05, 4.69) is 267 Å². The molecular formula is C70H64BN3O2. The van der Waals surface area contributed by atoms with Gasteiger partial charge in [0.05, 0.1) is 11.0 Å². The standard InChI is InChI=1S/C70H64BN3O2/c1-67(2,3)41-21-28-45(29-22-41)72(46-30-23-42(24-31-46)68(4,5)6)48-34-35-50-56(38-48)74(47-32-25-43(26-33-47)69(7,8)9)71-54-40-60-52(49-17-13-15-19-58(49)75-60)39-57(54)73-55-36-27-44(70(10,11)12)37-53(55)61-62-51-18-14-16-20-59(51)76-66(62)63(50)64(71)65(61)73/h13-40H,1-12H3. The van der Waals surface area contributed by atoms with E-state index in [1.54, 1.807) is 0 Å². The van der Waals surface area contributed by atoms with Crippen molar-refractivity contribution in [1.29, 1.82) is 0 Å². The summed E-state index contributed by atoms with van der Waals surface area (Å²) in [6.45, 7) is 27.3. The first kappa shape index (κ1) is 46.6. The van der Waals surface area contributed by atoms with E-state index in [1.165, 1.54) is 55.0 Å². The van der Waals surface area contributed by atoms with E-state index in [4.69, 9.17) is 8.83 Å². The van der Waals surface area contributed by atoms with Crippen LogP contribution in [-0.4, -0.2) is 11.4 Å². The zero-order valence-electron chi connectivity index (χ0n) is 45.9. The van der Waals surface area contributed by atoms with Crippen molar-refractivity contribution in [3.63, 3.8) is 0 Å². The Hall–Kier alpha value is -7.96. The smallest absolute Gasteiger partial charge is 0.333 e. The number of hydrogen-bond donors (Lipinski definition) is 0. The Morgan fingerprint density at radius 1 is 0.421 bits per heavy atom. The van der Waals surface area contributed by atoms with Crippen LogP contribution < -0.4 is 20.6 Å². The maximum Gasteiger partial charge on any atom is 0.333 e. The summed E-state index contributed by atoms with van der Waals surface area (Å²) in [7, 11) is 0. The number of benzene rings is 9. The van der Waals surface area contributed by atoms with Gasteiger partial charge in [-0.2, -0.15) is 0 Å². The van der Waals surface area contributed by atoms with E-state index >= 15 is 0 Å². The molecule has 0 aliphatic carbocycles. The van der Waals surface area contributed by atoms with Crippen LogP contribution in [0.25, 0.3) is 82.5 Å². The fourth-order valence-electron chi connectivity index (χ4n) is 12.7. The molecular weight excluding hydrogens is 926 g/mol. The van der Waals surface area contributed by atoms with Crippen molar-refractivity contribution in [2.45, 2.75) is 105 Å². The van der Waals surface area contributed by atoms with Crippen molar-refractivity contribution in [2.75, 3.05) is 9.71 Å². The highest BCUT2D eigenvalue weighted by molar-refractivity contribution is 6.94. The Bertz CT molecular complexity index is 4310. The molecule has 3 aromatic heterocycles. The summed E-state index contributed by atoms with van der Waals surface area (Å²) in [4.78, 5) is 5.08. The van der Waals surface area contributed by atoms with E-state index in [9.17, 15) is 0 Å². The predicted molar refractivity (Wildman–Crippen MR) is 324 cm³/mol. The minimum atomic E-state index is -0.282. The van der Waals surface area contributed by atoms with Crippen molar-refractivity contribution in [3.8, 4) is 16.8 Å². The molecule has 0 unspecified atom stereocenters. The van der Waals surface area contributed by atoms with Gasteiger partial charge in [0.15, 0.2) is 0 Å². The second-order valence-electron chi connectivity index (χ2n) is 25.8. The van der Waals surface area contributed by atoms with Crippen LogP contribution in [0.1, 0.15) is 105 Å². The molecule has 12 aromatic rings. The monoisotopic (exact) mass is 990 g/mol. The molecule has 9 aromatic carbocycles. The molecule has 0 spiro atoms. The van der Waals surface area contributed by atoms with Crippen molar-refractivity contribution in [3.05, 3.63) is 192 Å². The second-order valence-corrected chi connectivity index (χ2v) is 25.8. The average molecular weight is 990 g/mol.